The molecule has 6 nitrogen and oxygen atoms in total. The summed E-state index contributed by atoms with van der Waals surface area (Å²) in [6.07, 6.45) is 0. The average Bonchev–Trinajstić information content (AvgIpc) is 2.85. The number of hydrogen-bond acceptors (Lipinski definition) is 6. The minimum Gasteiger partial charge on any atom is -0.480 e. The Balaban J connectivity index is 2.18. The fraction of sp³-hybridized carbons (Fsp3) is 0.143. The standard InChI is InChI=1S/C14H11ClN2O4S/c1-8-10-7-9(15)3-4-11(10)21-14(8)22(18,19)13-6-5-12(20-2)16-17-13/h3-7H,1-2H3. The number of ether oxygens (including phenoxy) is 1. The van der Waals surface area contributed by atoms with Gasteiger partial charge in [-0.15, -0.1) is 10.2 Å². The molecule has 3 aromatic rings. The molecule has 2 heterocycles. The van der Waals surface area contributed by atoms with E-state index in [-0.39, 0.29) is 16.0 Å². The Morgan fingerprint density at radius 3 is 2.59 bits per heavy atom. The summed E-state index contributed by atoms with van der Waals surface area (Å²) in [5, 5.41) is 8.13. The van der Waals surface area contributed by atoms with E-state index in [0.717, 1.165) is 0 Å². The number of methoxy groups -OCH3 is 1. The van der Waals surface area contributed by atoms with Crippen LogP contribution < -0.4 is 4.74 Å². The van der Waals surface area contributed by atoms with Crippen molar-refractivity contribution in [3.05, 3.63) is 40.9 Å². The van der Waals surface area contributed by atoms with Gasteiger partial charge in [0.1, 0.15) is 5.58 Å². The summed E-state index contributed by atoms with van der Waals surface area (Å²) in [5.41, 5.74) is 0.928. The zero-order valence-corrected chi connectivity index (χ0v) is 13.3. The number of furan rings is 1. The number of aromatic nitrogens is 2. The summed E-state index contributed by atoms with van der Waals surface area (Å²) < 4.78 is 35.6. The average molecular weight is 339 g/mol. The molecule has 0 radical (unpaired) electrons. The first-order chi connectivity index (χ1) is 10.4. The van der Waals surface area contributed by atoms with Crippen LogP contribution in [0.2, 0.25) is 5.02 Å². The fourth-order valence-corrected chi connectivity index (χ4v) is 3.55. The summed E-state index contributed by atoms with van der Waals surface area (Å²) in [6, 6.07) is 7.67. The van der Waals surface area contributed by atoms with E-state index in [2.05, 4.69) is 10.2 Å². The predicted octanol–water partition coefficient (Wildman–Crippen LogP) is 3.03. The molecule has 0 aliphatic rings. The van der Waals surface area contributed by atoms with Crippen LogP contribution in [0.5, 0.6) is 5.88 Å². The van der Waals surface area contributed by atoms with Gasteiger partial charge in [0.05, 0.1) is 7.11 Å². The number of rotatable bonds is 3. The number of sulfone groups is 1. The summed E-state index contributed by atoms with van der Waals surface area (Å²) in [5.74, 6) is 0.229. The highest BCUT2D eigenvalue weighted by Gasteiger charge is 2.28. The quantitative estimate of drug-likeness (QED) is 0.730. The van der Waals surface area contributed by atoms with Crippen molar-refractivity contribution in [2.24, 2.45) is 0 Å². The molecule has 2 aromatic heterocycles. The second-order valence-electron chi connectivity index (χ2n) is 4.57. The van der Waals surface area contributed by atoms with E-state index in [4.69, 9.17) is 20.8 Å². The first kappa shape index (κ1) is 14.8. The van der Waals surface area contributed by atoms with Crippen molar-refractivity contribution in [3.8, 4) is 5.88 Å². The molecule has 3 rings (SSSR count). The second-order valence-corrected chi connectivity index (χ2v) is 6.80. The number of benzene rings is 1. The Morgan fingerprint density at radius 1 is 1.18 bits per heavy atom. The Bertz CT molecular complexity index is 949. The van der Waals surface area contributed by atoms with Gasteiger partial charge in [-0.05, 0) is 31.2 Å². The molecule has 0 aliphatic heterocycles. The van der Waals surface area contributed by atoms with Crippen molar-refractivity contribution < 1.29 is 17.6 Å². The Labute approximate surface area is 131 Å². The highest BCUT2D eigenvalue weighted by Crippen LogP contribution is 2.33. The molecule has 8 heteroatoms. The lowest BCUT2D eigenvalue weighted by atomic mass is 10.2. The number of hydrogen-bond donors (Lipinski definition) is 0. The molecule has 114 valence electrons. The van der Waals surface area contributed by atoms with E-state index < -0.39 is 9.84 Å². The maximum Gasteiger partial charge on any atom is 0.258 e. The van der Waals surface area contributed by atoms with Crippen molar-refractivity contribution in [1.82, 2.24) is 10.2 Å². The Morgan fingerprint density at radius 2 is 1.95 bits per heavy atom. The van der Waals surface area contributed by atoms with E-state index in [1.807, 2.05) is 0 Å². The number of nitrogens with zero attached hydrogens (tertiary/aromatic N) is 2. The van der Waals surface area contributed by atoms with Crippen LogP contribution in [0.15, 0.2) is 44.9 Å². The third-order valence-electron chi connectivity index (χ3n) is 3.20. The molecule has 0 fully saturated rings. The minimum atomic E-state index is -3.91. The zero-order chi connectivity index (χ0) is 15.9. The molecule has 0 unspecified atom stereocenters. The summed E-state index contributed by atoms with van der Waals surface area (Å²) in [7, 11) is -2.49. The van der Waals surface area contributed by atoms with Crippen molar-refractivity contribution in [3.63, 3.8) is 0 Å². The largest absolute Gasteiger partial charge is 0.480 e. The van der Waals surface area contributed by atoms with Crippen LogP contribution in [0.4, 0.5) is 0 Å². The van der Waals surface area contributed by atoms with Gasteiger partial charge in [-0.2, -0.15) is 0 Å². The molecule has 0 atom stereocenters. The van der Waals surface area contributed by atoms with Gasteiger partial charge in [0.15, 0.2) is 5.03 Å². The summed E-state index contributed by atoms with van der Waals surface area (Å²) in [4.78, 5) is 0. The molecule has 0 saturated carbocycles. The SMILES string of the molecule is COc1ccc(S(=O)(=O)c2oc3ccc(Cl)cc3c2C)nn1. The van der Waals surface area contributed by atoms with Gasteiger partial charge in [0.2, 0.25) is 11.0 Å². The van der Waals surface area contributed by atoms with Crippen molar-refractivity contribution >= 4 is 32.4 Å². The number of fused-ring (bicyclic) bond motifs is 1. The third kappa shape index (κ3) is 2.32. The maximum atomic E-state index is 12.6. The predicted molar refractivity (Wildman–Crippen MR) is 80.0 cm³/mol. The second kappa shape index (κ2) is 5.26. The molecule has 0 bridgehead atoms. The van der Waals surface area contributed by atoms with Crippen LogP contribution in [0.1, 0.15) is 5.56 Å². The van der Waals surface area contributed by atoms with Crippen molar-refractivity contribution in [2.75, 3.05) is 7.11 Å². The lowest BCUT2D eigenvalue weighted by Gasteiger charge is -2.02. The minimum absolute atomic E-state index is 0.163. The monoisotopic (exact) mass is 338 g/mol. The first-order valence-corrected chi connectivity index (χ1v) is 8.11. The Hall–Kier alpha value is -2.12. The van der Waals surface area contributed by atoms with Crippen LogP contribution in [0.3, 0.4) is 0 Å². The fourth-order valence-electron chi connectivity index (χ4n) is 2.08. The molecule has 1 aromatic carbocycles. The van der Waals surface area contributed by atoms with Crippen LogP contribution in [-0.2, 0) is 9.84 Å². The molecule has 0 spiro atoms. The molecule has 0 saturated heterocycles. The van der Waals surface area contributed by atoms with E-state index in [0.29, 0.717) is 21.6 Å². The summed E-state index contributed by atoms with van der Waals surface area (Å²) >= 11 is 5.94. The van der Waals surface area contributed by atoms with Crippen LogP contribution >= 0.6 is 11.6 Å². The smallest absolute Gasteiger partial charge is 0.258 e. The number of halogens is 1. The van der Waals surface area contributed by atoms with Crippen LogP contribution in [0.25, 0.3) is 11.0 Å². The molecule has 0 aliphatic carbocycles. The number of aryl methyl sites for hydroxylation is 1. The molecule has 22 heavy (non-hydrogen) atoms. The van der Waals surface area contributed by atoms with E-state index in [1.54, 1.807) is 25.1 Å². The van der Waals surface area contributed by atoms with Gasteiger partial charge in [-0.1, -0.05) is 11.6 Å². The van der Waals surface area contributed by atoms with E-state index >= 15 is 0 Å². The molecular weight excluding hydrogens is 328 g/mol. The molecule has 0 N–H and O–H groups in total. The summed E-state index contributed by atoms with van der Waals surface area (Å²) in [6.45, 7) is 1.66. The van der Waals surface area contributed by atoms with Crippen LogP contribution in [0, 0.1) is 6.92 Å². The van der Waals surface area contributed by atoms with Gasteiger partial charge < -0.3 is 9.15 Å². The van der Waals surface area contributed by atoms with E-state index in [9.17, 15) is 8.42 Å². The van der Waals surface area contributed by atoms with Crippen LogP contribution in [-0.4, -0.2) is 25.7 Å². The van der Waals surface area contributed by atoms with Gasteiger partial charge >= 0.3 is 0 Å². The normalized spacial score (nSPS) is 11.8. The highest BCUT2D eigenvalue weighted by atomic mass is 35.5. The lowest BCUT2D eigenvalue weighted by Crippen LogP contribution is -2.06. The lowest BCUT2D eigenvalue weighted by molar-refractivity contribution is 0.389. The van der Waals surface area contributed by atoms with Gasteiger partial charge in [-0.3, -0.25) is 0 Å². The van der Waals surface area contributed by atoms with Crippen molar-refractivity contribution in [1.29, 1.82) is 0 Å². The van der Waals surface area contributed by atoms with Gasteiger partial charge in [0, 0.05) is 22.0 Å². The van der Waals surface area contributed by atoms with E-state index in [1.165, 1.54) is 19.2 Å². The molecular formula is C14H11ClN2O4S. The topological polar surface area (TPSA) is 82.3 Å². The van der Waals surface area contributed by atoms with Gasteiger partial charge in [0.25, 0.3) is 9.84 Å². The highest BCUT2D eigenvalue weighted by molar-refractivity contribution is 7.91. The zero-order valence-electron chi connectivity index (χ0n) is 11.7. The maximum absolute atomic E-state index is 12.6. The van der Waals surface area contributed by atoms with Gasteiger partial charge in [-0.25, -0.2) is 8.42 Å². The van der Waals surface area contributed by atoms with Crippen molar-refractivity contribution in [2.45, 2.75) is 17.0 Å². The Kier molecular flexibility index (Phi) is 3.54. The first-order valence-electron chi connectivity index (χ1n) is 6.25. The molecule has 0 amide bonds. The third-order valence-corrected chi connectivity index (χ3v) is 5.08.